The summed E-state index contributed by atoms with van der Waals surface area (Å²) in [7, 11) is 1.96. The quantitative estimate of drug-likeness (QED) is 0.826. The molecule has 6 nitrogen and oxygen atoms in total. The Morgan fingerprint density at radius 2 is 2.20 bits per heavy atom. The van der Waals surface area contributed by atoms with Crippen molar-refractivity contribution in [1.29, 1.82) is 0 Å². The zero-order valence-electron chi connectivity index (χ0n) is 12.9. The van der Waals surface area contributed by atoms with Gasteiger partial charge in [-0.25, -0.2) is 0 Å². The predicted molar refractivity (Wildman–Crippen MR) is 79.8 cm³/mol. The summed E-state index contributed by atoms with van der Waals surface area (Å²) >= 11 is 0. The van der Waals surface area contributed by atoms with E-state index in [9.17, 15) is 4.79 Å². The highest BCUT2D eigenvalue weighted by molar-refractivity contribution is 5.86. The number of piperazine rings is 1. The minimum Gasteiger partial charge on any atom is -0.353 e. The van der Waals surface area contributed by atoms with Crippen LogP contribution in [0, 0.1) is 6.92 Å². The second-order valence-electron chi connectivity index (χ2n) is 5.20. The van der Waals surface area contributed by atoms with Crippen LogP contribution in [0.3, 0.4) is 0 Å². The first-order valence-electron chi connectivity index (χ1n) is 7.37. The Bertz CT molecular complexity index is 482. The molecule has 20 heavy (non-hydrogen) atoms. The molecule has 112 valence electrons. The van der Waals surface area contributed by atoms with Gasteiger partial charge < -0.3 is 15.5 Å². The molecular weight excluding hydrogens is 254 g/mol. The highest BCUT2D eigenvalue weighted by Crippen LogP contribution is 2.26. The number of hydrogen-bond acceptors (Lipinski definition) is 4. The second kappa shape index (κ2) is 6.26. The van der Waals surface area contributed by atoms with Crippen molar-refractivity contribution in [2.24, 2.45) is 7.05 Å². The summed E-state index contributed by atoms with van der Waals surface area (Å²) in [6.45, 7) is 9.42. The number of nitrogens with one attached hydrogen (secondary N) is 2. The summed E-state index contributed by atoms with van der Waals surface area (Å²) in [5, 5.41) is 10.8. The van der Waals surface area contributed by atoms with Crippen LogP contribution in [0.15, 0.2) is 0 Å². The summed E-state index contributed by atoms with van der Waals surface area (Å²) in [5.41, 5.74) is 2.23. The SMILES string of the molecule is CCNCc1c(C)nn(C)c1N1CCNC(=O)C1CC. The van der Waals surface area contributed by atoms with Crippen LogP contribution in [0.5, 0.6) is 0 Å². The van der Waals surface area contributed by atoms with Crippen LogP contribution < -0.4 is 15.5 Å². The fourth-order valence-corrected chi connectivity index (χ4v) is 2.88. The Kier molecular flexibility index (Phi) is 4.65. The maximum atomic E-state index is 12.1. The number of aromatic nitrogens is 2. The van der Waals surface area contributed by atoms with Gasteiger partial charge in [0.1, 0.15) is 11.9 Å². The van der Waals surface area contributed by atoms with Crippen LogP contribution in [0.2, 0.25) is 0 Å². The Morgan fingerprint density at radius 3 is 2.85 bits per heavy atom. The number of rotatable bonds is 5. The van der Waals surface area contributed by atoms with Crippen LogP contribution in [0.1, 0.15) is 31.5 Å². The molecule has 0 aliphatic carbocycles. The number of amides is 1. The Labute approximate surface area is 120 Å². The zero-order valence-corrected chi connectivity index (χ0v) is 12.9. The molecule has 0 bridgehead atoms. The van der Waals surface area contributed by atoms with Crippen molar-refractivity contribution in [3.63, 3.8) is 0 Å². The largest absolute Gasteiger partial charge is 0.353 e. The first-order chi connectivity index (χ1) is 9.60. The van der Waals surface area contributed by atoms with Gasteiger partial charge in [0.15, 0.2) is 0 Å². The summed E-state index contributed by atoms with van der Waals surface area (Å²) in [5.74, 6) is 1.19. The van der Waals surface area contributed by atoms with Crippen molar-refractivity contribution in [3.8, 4) is 0 Å². The molecule has 1 aromatic rings. The lowest BCUT2D eigenvalue weighted by Gasteiger charge is -2.36. The van der Waals surface area contributed by atoms with Crippen molar-refractivity contribution in [3.05, 3.63) is 11.3 Å². The third-order valence-electron chi connectivity index (χ3n) is 3.85. The van der Waals surface area contributed by atoms with Crippen LogP contribution in [0.4, 0.5) is 5.82 Å². The van der Waals surface area contributed by atoms with Gasteiger partial charge in [-0.05, 0) is 19.9 Å². The molecule has 1 aliphatic rings. The fourth-order valence-electron chi connectivity index (χ4n) is 2.88. The molecule has 1 aromatic heterocycles. The molecule has 0 radical (unpaired) electrons. The highest BCUT2D eigenvalue weighted by Gasteiger charge is 2.32. The van der Waals surface area contributed by atoms with Crippen LogP contribution >= 0.6 is 0 Å². The smallest absolute Gasteiger partial charge is 0.242 e. The van der Waals surface area contributed by atoms with Crippen molar-refractivity contribution in [2.45, 2.75) is 39.8 Å². The third kappa shape index (κ3) is 2.65. The standard InChI is InChI=1S/C14H25N5O/c1-5-12-13(20)16-7-8-19(12)14-11(9-15-6-2)10(3)17-18(14)4/h12,15H,5-9H2,1-4H3,(H,16,20). The van der Waals surface area contributed by atoms with E-state index in [0.717, 1.165) is 37.6 Å². The molecule has 2 N–H and O–H groups in total. The monoisotopic (exact) mass is 279 g/mol. The van der Waals surface area contributed by atoms with Crippen molar-refractivity contribution in [1.82, 2.24) is 20.4 Å². The molecule has 1 unspecified atom stereocenters. The average molecular weight is 279 g/mol. The van der Waals surface area contributed by atoms with Gasteiger partial charge in [-0.1, -0.05) is 13.8 Å². The molecule has 2 heterocycles. The molecule has 1 aliphatic heterocycles. The van der Waals surface area contributed by atoms with Gasteiger partial charge in [0, 0.05) is 32.2 Å². The molecule has 0 spiro atoms. The summed E-state index contributed by atoms with van der Waals surface area (Å²) in [4.78, 5) is 14.3. The van der Waals surface area contributed by atoms with E-state index in [2.05, 4.69) is 34.5 Å². The number of carbonyl (C=O) groups excluding carboxylic acids is 1. The summed E-state index contributed by atoms with van der Waals surface area (Å²) < 4.78 is 1.91. The van der Waals surface area contributed by atoms with E-state index in [1.54, 1.807) is 0 Å². The van der Waals surface area contributed by atoms with E-state index in [0.29, 0.717) is 6.54 Å². The van der Waals surface area contributed by atoms with Crippen LogP contribution in [-0.4, -0.2) is 41.4 Å². The molecule has 1 amide bonds. The van der Waals surface area contributed by atoms with Gasteiger partial charge in [-0.2, -0.15) is 5.10 Å². The molecule has 0 aromatic carbocycles. The van der Waals surface area contributed by atoms with Crippen molar-refractivity contribution >= 4 is 11.7 Å². The van der Waals surface area contributed by atoms with Gasteiger partial charge in [0.05, 0.1) is 5.69 Å². The van der Waals surface area contributed by atoms with E-state index in [4.69, 9.17) is 0 Å². The van der Waals surface area contributed by atoms with E-state index < -0.39 is 0 Å². The van der Waals surface area contributed by atoms with Crippen molar-refractivity contribution in [2.75, 3.05) is 24.5 Å². The molecule has 0 saturated carbocycles. The maximum Gasteiger partial charge on any atom is 0.242 e. The number of carbonyl (C=O) groups is 1. The average Bonchev–Trinajstić information content (AvgIpc) is 2.70. The predicted octanol–water partition coefficient (Wildman–Crippen LogP) is 0.553. The molecule has 1 fully saturated rings. The van der Waals surface area contributed by atoms with Gasteiger partial charge in [-0.15, -0.1) is 0 Å². The topological polar surface area (TPSA) is 62.2 Å². The van der Waals surface area contributed by atoms with Gasteiger partial charge >= 0.3 is 0 Å². The highest BCUT2D eigenvalue weighted by atomic mass is 16.2. The molecule has 6 heteroatoms. The Balaban J connectivity index is 2.36. The van der Waals surface area contributed by atoms with E-state index in [1.807, 2.05) is 18.7 Å². The van der Waals surface area contributed by atoms with Gasteiger partial charge in [0.2, 0.25) is 5.91 Å². The lowest BCUT2D eigenvalue weighted by atomic mass is 10.1. The Hall–Kier alpha value is -1.56. The normalized spacial score (nSPS) is 19.3. The zero-order chi connectivity index (χ0) is 14.7. The van der Waals surface area contributed by atoms with E-state index in [1.165, 1.54) is 5.56 Å². The Morgan fingerprint density at radius 1 is 1.45 bits per heavy atom. The minimum atomic E-state index is -0.0982. The van der Waals surface area contributed by atoms with Gasteiger partial charge in [0.25, 0.3) is 0 Å². The summed E-state index contributed by atoms with van der Waals surface area (Å²) in [6, 6.07) is -0.0982. The molecule has 2 rings (SSSR count). The van der Waals surface area contributed by atoms with E-state index in [-0.39, 0.29) is 11.9 Å². The molecule has 1 saturated heterocycles. The van der Waals surface area contributed by atoms with Gasteiger partial charge in [-0.3, -0.25) is 9.48 Å². The number of hydrogen-bond donors (Lipinski definition) is 2. The van der Waals surface area contributed by atoms with Crippen molar-refractivity contribution < 1.29 is 4.79 Å². The summed E-state index contributed by atoms with van der Waals surface area (Å²) in [6.07, 6.45) is 0.802. The number of nitrogens with zero attached hydrogens (tertiary/aromatic N) is 3. The first kappa shape index (κ1) is 14.8. The third-order valence-corrected chi connectivity index (χ3v) is 3.85. The first-order valence-corrected chi connectivity index (χ1v) is 7.37. The minimum absolute atomic E-state index is 0.0982. The fraction of sp³-hybridized carbons (Fsp3) is 0.714. The van der Waals surface area contributed by atoms with E-state index >= 15 is 0 Å². The number of anilines is 1. The van der Waals surface area contributed by atoms with Crippen LogP contribution in [0.25, 0.3) is 0 Å². The number of aryl methyl sites for hydroxylation is 2. The lowest BCUT2D eigenvalue weighted by molar-refractivity contribution is -0.123. The maximum absolute atomic E-state index is 12.1. The van der Waals surface area contributed by atoms with Crippen LogP contribution in [-0.2, 0) is 18.4 Å². The molecule has 1 atom stereocenters. The second-order valence-corrected chi connectivity index (χ2v) is 5.20. The molecular formula is C14H25N5O. The lowest BCUT2D eigenvalue weighted by Crippen LogP contribution is -2.56.